The predicted octanol–water partition coefficient (Wildman–Crippen LogP) is 2.39. The lowest BCUT2D eigenvalue weighted by molar-refractivity contribution is -0.115. The molecular formula is C10H19NO. The van der Waals surface area contributed by atoms with Gasteiger partial charge < -0.3 is 5.73 Å². The quantitative estimate of drug-likeness (QED) is 0.490. The molecule has 0 fully saturated rings. The number of hydrogen-bond acceptors (Lipinski definition) is 2. The second-order valence-corrected chi connectivity index (χ2v) is 2.98. The smallest absolute Gasteiger partial charge is 0.178 e. The zero-order valence-corrected chi connectivity index (χ0v) is 8.10. The summed E-state index contributed by atoms with van der Waals surface area (Å²) in [4.78, 5) is 11.1. The Morgan fingerprint density at radius 2 is 2.00 bits per heavy atom. The molecule has 0 rings (SSSR count). The standard InChI is InChI=1S/C10H19NO/c1-3-5-6-7-8-10(12)9(11)4-2/h4H,3,5-8,11H2,1-2H3/b9-4+. The Bertz CT molecular complexity index is 161. The van der Waals surface area contributed by atoms with Gasteiger partial charge in [-0.15, -0.1) is 0 Å². The molecule has 2 nitrogen and oxygen atoms in total. The van der Waals surface area contributed by atoms with Crippen LogP contribution in [0.5, 0.6) is 0 Å². The van der Waals surface area contributed by atoms with E-state index in [1.165, 1.54) is 12.8 Å². The maximum Gasteiger partial charge on any atom is 0.178 e. The summed E-state index contributed by atoms with van der Waals surface area (Å²) >= 11 is 0. The Labute approximate surface area is 74.8 Å². The van der Waals surface area contributed by atoms with Crippen LogP contribution in [0.2, 0.25) is 0 Å². The number of carbonyl (C=O) groups is 1. The highest BCUT2D eigenvalue weighted by molar-refractivity contribution is 5.94. The van der Waals surface area contributed by atoms with Crippen LogP contribution < -0.4 is 5.73 Å². The third-order valence-electron chi connectivity index (χ3n) is 1.89. The first-order valence-corrected chi connectivity index (χ1v) is 4.67. The number of Topliss-reactive ketones (excluding diaryl/α,β-unsaturated/α-hetero) is 1. The van der Waals surface area contributed by atoms with Crippen LogP contribution in [0, 0.1) is 0 Å². The Morgan fingerprint density at radius 1 is 1.33 bits per heavy atom. The van der Waals surface area contributed by atoms with E-state index in [1.54, 1.807) is 13.0 Å². The fourth-order valence-corrected chi connectivity index (χ4v) is 1.02. The van der Waals surface area contributed by atoms with Gasteiger partial charge in [0, 0.05) is 6.42 Å². The Hall–Kier alpha value is -0.790. The molecule has 70 valence electrons. The Balaban J connectivity index is 3.45. The van der Waals surface area contributed by atoms with E-state index >= 15 is 0 Å². The molecule has 0 aliphatic carbocycles. The molecule has 2 N–H and O–H groups in total. The van der Waals surface area contributed by atoms with Gasteiger partial charge in [-0.2, -0.15) is 0 Å². The van der Waals surface area contributed by atoms with E-state index in [9.17, 15) is 4.79 Å². The third kappa shape index (κ3) is 4.94. The van der Waals surface area contributed by atoms with Gasteiger partial charge >= 0.3 is 0 Å². The van der Waals surface area contributed by atoms with Crippen molar-refractivity contribution in [2.45, 2.75) is 46.0 Å². The van der Waals surface area contributed by atoms with Crippen molar-refractivity contribution in [1.82, 2.24) is 0 Å². The molecule has 0 radical (unpaired) electrons. The molecule has 0 saturated carbocycles. The fraction of sp³-hybridized carbons (Fsp3) is 0.700. The van der Waals surface area contributed by atoms with Crippen molar-refractivity contribution in [1.29, 1.82) is 0 Å². The molecule has 0 aliphatic rings. The van der Waals surface area contributed by atoms with Gasteiger partial charge in [0.15, 0.2) is 5.78 Å². The predicted molar refractivity (Wildman–Crippen MR) is 51.7 cm³/mol. The molecule has 0 aromatic rings. The summed E-state index contributed by atoms with van der Waals surface area (Å²) in [7, 11) is 0. The van der Waals surface area contributed by atoms with Crippen molar-refractivity contribution in [3.05, 3.63) is 11.8 Å². The summed E-state index contributed by atoms with van der Waals surface area (Å²) in [6.07, 6.45) is 6.80. The van der Waals surface area contributed by atoms with Gasteiger partial charge in [0.1, 0.15) is 0 Å². The Kier molecular flexibility index (Phi) is 6.44. The van der Waals surface area contributed by atoms with E-state index < -0.39 is 0 Å². The van der Waals surface area contributed by atoms with Crippen LogP contribution in [0.1, 0.15) is 46.0 Å². The van der Waals surface area contributed by atoms with E-state index in [2.05, 4.69) is 6.92 Å². The van der Waals surface area contributed by atoms with Crippen LogP contribution in [0.15, 0.2) is 11.8 Å². The monoisotopic (exact) mass is 169 g/mol. The number of rotatable bonds is 6. The lowest BCUT2D eigenvalue weighted by Gasteiger charge is -1.99. The zero-order chi connectivity index (χ0) is 9.40. The molecule has 2 heteroatoms. The summed E-state index contributed by atoms with van der Waals surface area (Å²) in [5.41, 5.74) is 5.85. The average molecular weight is 169 g/mol. The van der Waals surface area contributed by atoms with Gasteiger partial charge in [-0.1, -0.05) is 32.3 Å². The maximum atomic E-state index is 11.1. The lowest BCUT2D eigenvalue weighted by atomic mass is 10.1. The summed E-state index contributed by atoms with van der Waals surface area (Å²) in [6.45, 7) is 3.95. The second kappa shape index (κ2) is 6.89. The Morgan fingerprint density at radius 3 is 2.50 bits per heavy atom. The number of unbranched alkanes of at least 4 members (excludes halogenated alkanes) is 3. The van der Waals surface area contributed by atoms with Crippen LogP contribution in [-0.4, -0.2) is 5.78 Å². The summed E-state index contributed by atoms with van der Waals surface area (Å²) < 4.78 is 0. The van der Waals surface area contributed by atoms with Gasteiger partial charge in [0.05, 0.1) is 5.70 Å². The van der Waals surface area contributed by atoms with Crippen molar-refractivity contribution >= 4 is 5.78 Å². The molecule has 0 aromatic carbocycles. The van der Waals surface area contributed by atoms with Crippen LogP contribution >= 0.6 is 0 Å². The highest BCUT2D eigenvalue weighted by Gasteiger charge is 2.02. The van der Waals surface area contributed by atoms with Gasteiger partial charge in [-0.3, -0.25) is 4.79 Å². The summed E-state index contributed by atoms with van der Waals surface area (Å²) in [5.74, 6) is 0.0913. The molecular weight excluding hydrogens is 150 g/mol. The van der Waals surface area contributed by atoms with Crippen LogP contribution in [0.25, 0.3) is 0 Å². The minimum atomic E-state index is 0.0913. The van der Waals surface area contributed by atoms with Crippen LogP contribution in [0.3, 0.4) is 0 Å². The molecule has 0 aliphatic heterocycles. The molecule has 0 aromatic heterocycles. The molecule has 12 heavy (non-hydrogen) atoms. The zero-order valence-electron chi connectivity index (χ0n) is 8.10. The first-order valence-electron chi connectivity index (χ1n) is 4.67. The molecule has 0 heterocycles. The van der Waals surface area contributed by atoms with Crippen molar-refractivity contribution in [2.75, 3.05) is 0 Å². The topological polar surface area (TPSA) is 43.1 Å². The van der Waals surface area contributed by atoms with Gasteiger partial charge in [0.2, 0.25) is 0 Å². The van der Waals surface area contributed by atoms with E-state index in [0.29, 0.717) is 12.1 Å². The van der Waals surface area contributed by atoms with Gasteiger partial charge in [-0.25, -0.2) is 0 Å². The summed E-state index contributed by atoms with van der Waals surface area (Å²) in [6, 6.07) is 0. The largest absolute Gasteiger partial charge is 0.396 e. The number of carbonyl (C=O) groups excluding carboxylic acids is 1. The third-order valence-corrected chi connectivity index (χ3v) is 1.89. The normalized spacial score (nSPS) is 11.7. The fourth-order valence-electron chi connectivity index (χ4n) is 1.02. The molecule has 0 unspecified atom stereocenters. The molecule has 0 spiro atoms. The van der Waals surface area contributed by atoms with Crippen molar-refractivity contribution in [2.24, 2.45) is 5.73 Å². The maximum absolute atomic E-state index is 11.1. The van der Waals surface area contributed by atoms with E-state index in [4.69, 9.17) is 5.73 Å². The van der Waals surface area contributed by atoms with Crippen molar-refractivity contribution in [3.63, 3.8) is 0 Å². The molecule has 0 atom stereocenters. The highest BCUT2D eigenvalue weighted by atomic mass is 16.1. The minimum absolute atomic E-state index is 0.0913. The van der Waals surface area contributed by atoms with Gasteiger partial charge in [-0.05, 0) is 13.3 Å². The SMILES string of the molecule is C/C=C(/N)C(=O)CCCCCC. The molecule has 0 saturated heterocycles. The lowest BCUT2D eigenvalue weighted by Crippen LogP contribution is -2.10. The van der Waals surface area contributed by atoms with Crippen molar-refractivity contribution in [3.8, 4) is 0 Å². The highest BCUT2D eigenvalue weighted by Crippen LogP contribution is 2.04. The number of allylic oxidation sites excluding steroid dienone is 2. The first-order chi connectivity index (χ1) is 5.72. The van der Waals surface area contributed by atoms with E-state index in [0.717, 1.165) is 12.8 Å². The average Bonchev–Trinajstić information content (AvgIpc) is 2.10. The summed E-state index contributed by atoms with van der Waals surface area (Å²) in [5, 5.41) is 0. The molecule has 0 amide bonds. The minimum Gasteiger partial charge on any atom is -0.396 e. The second-order valence-electron chi connectivity index (χ2n) is 2.98. The van der Waals surface area contributed by atoms with E-state index in [-0.39, 0.29) is 5.78 Å². The number of hydrogen-bond donors (Lipinski definition) is 1. The first kappa shape index (κ1) is 11.2. The van der Waals surface area contributed by atoms with Crippen molar-refractivity contribution < 1.29 is 4.79 Å². The number of ketones is 1. The van der Waals surface area contributed by atoms with Crippen LogP contribution in [-0.2, 0) is 4.79 Å². The molecule has 0 bridgehead atoms. The van der Waals surface area contributed by atoms with Gasteiger partial charge in [0.25, 0.3) is 0 Å². The number of nitrogens with two attached hydrogens (primary N) is 1. The van der Waals surface area contributed by atoms with E-state index in [1.807, 2.05) is 0 Å². The van der Waals surface area contributed by atoms with Crippen LogP contribution in [0.4, 0.5) is 0 Å².